The van der Waals surface area contributed by atoms with Gasteiger partial charge in [-0.3, -0.25) is 4.68 Å². The van der Waals surface area contributed by atoms with Crippen molar-refractivity contribution in [1.82, 2.24) is 15.1 Å². The summed E-state index contributed by atoms with van der Waals surface area (Å²) in [5, 5.41) is 8.01. The van der Waals surface area contributed by atoms with Gasteiger partial charge in [-0.15, -0.1) is 11.6 Å². The monoisotopic (exact) mass is 307 g/mol. The van der Waals surface area contributed by atoms with E-state index in [0.29, 0.717) is 0 Å². The lowest BCUT2D eigenvalue weighted by Crippen LogP contribution is -2.24. The molecule has 0 aliphatic rings. The van der Waals surface area contributed by atoms with Gasteiger partial charge in [0.15, 0.2) is 0 Å². The molecule has 0 amide bonds. The van der Waals surface area contributed by atoms with Crippen molar-refractivity contribution in [2.45, 2.75) is 45.7 Å². The molecule has 1 heterocycles. The van der Waals surface area contributed by atoms with Crippen molar-refractivity contribution < 1.29 is 0 Å². The highest BCUT2D eigenvalue weighted by molar-refractivity contribution is 9.10. The van der Waals surface area contributed by atoms with Gasteiger partial charge in [-0.1, -0.05) is 6.92 Å². The van der Waals surface area contributed by atoms with Crippen molar-refractivity contribution >= 4 is 27.5 Å². The summed E-state index contributed by atoms with van der Waals surface area (Å²) >= 11 is 9.62. The molecule has 1 atom stereocenters. The molecule has 1 N–H and O–H groups in total. The molecule has 0 fully saturated rings. The minimum atomic E-state index is 0.206. The van der Waals surface area contributed by atoms with E-state index in [1.807, 2.05) is 11.6 Å². The van der Waals surface area contributed by atoms with Crippen LogP contribution in [0.1, 0.15) is 31.7 Å². The van der Waals surface area contributed by atoms with Crippen LogP contribution in [0.5, 0.6) is 0 Å². The Hall–Kier alpha value is -0.0600. The maximum atomic E-state index is 6.05. The molecule has 0 saturated heterocycles. The number of halogens is 2. The smallest absolute Gasteiger partial charge is 0.0739 e. The van der Waals surface area contributed by atoms with Crippen LogP contribution in [-0.2, 0) is 13.1 Å². The van der Waals surface area contributed by atoms with Crippen molar-refractivity contribution in [2.24, 2.45) is 0 Å². The summed E-state index contributed by atoms with van der Waals surface area (Å²) in [5.74, 6) is 0. The molecule has 0 bridgehead atoms. The lowest BCUT2D eigenvalue weighted by molar-refractivity contribution is 0.570. The van der Waals surface area contributed by atoms with E-state index in [0.717, 1.165) is 36.2 Å². The Bertz CT molecular complexity index is 338. The summed E-state index contributed by atoms with van der Waals surface area (Å²) in [7, 11) is 0. The number of alkyl halides is 1. The van der Waals surface area contributed by atoms with Gasteiger partial charge in [0.1, 0.15) is 0 Å². The second-order valence-corrected chi connectivity index (χ2v) is 5.21. The molecule has 3 nitrogen and oxygen atoms in total. The summed E-state index contributed by atoms with van der Waals surface area (Å²) in [6.07, 6.45) is 0.988. The van der Waals surface area contributed by atoms with E-state index >= 15 is 0 Å². The first-order chi connectivity index (χ1) is 7.60. The van der Waals surface area contributed by atoms with Crippen molar-refractivity contribution in [3.05, 3.63) is 15.9 Å². The summed E-state index contributed by atoms with van der Waals surface area (Å²) in [5.41, 5.74) is 2.23. The second kappa shape index (κ2) is 6.62. The molecule has 1 rings (SSSR count). The second-order valence-electron chi connectivity index (χ2n) is 3.80. The average Bonchev–Trinajstić information content (AvgIpc) is 2.56. The standard InChI is InChI=1S/C11H19BrClN3/c1-4-9(13)6-14-7-10-11(12)8(3)15-16(10)5-2/h9,14H,4-7H2,1-3H3. The third-order valence-corrected chi connectivity index (χ3v) is 4.05. The Morgan fingerprint density at radius 3 is 2.75 bits per heavy atom. The van der Waals surface area contributed by atoms with E-state index in [2.05, 4.69) is 40.2 Å². The summed E-state index contributed by atoms with van der Waals surface area (Å²) < 4.78 is 3.12. The Morgan fingerprint density at radius 2 is 2.19 bits per heavy atom. The van der Waals surface area contributed by atoms with Crippen LogP contribution in [-0.4, -0.2) is 21.7 Å². The first kappa shape index (κ1) is 14.0. The molecule has 0 spiro atoms. The van der Waals surface area contributed by atoms with Crippen LogP contribution in [0.15, 0.2) is 4.47 Å². The lowest BCUT2D eigenvalue weighted by Gasteiger charge is -2.10. The van der Waals surface area contributed by atoms with Crippen LogP contribution in [0.3, 0.4) is 0 Å². The minimum absolute atomic E-state index is 0.206. The molecule has 92 valence electrons. The van der Waals surface area contributed by atoms with Gasteiger partial charge < -0.3 is 5.32 Å². The molecule has 1 aromatic heterocycles. The number of hydrogen-bond acceptors (Lipinski definition) is 2. The van der Waals surface area contributed by atoms with E-state index in [1.54, 1.807) is 0 Å². The van der Waals surface area contributed by atoms with Gasteiger partial charge in [0, 0.05) is 25.0 Å². The lowest BCUT2D eigenvalue weighted by atomic mass is 10.3. The normalized spacial score (nSPS) is 13.1. The molecular formula is C11H19BrClN3. The molecule has 0 aromatic carbocycles. The third-order valence-electron chi connectivity index (χ3n) is 2.55. The Labute approximate surface area is 111 Å². The minimum Gasteiger partial charge on any atom is -0.310 e. The zero-order valence-electron chi connectivity index (χ0n) is 10.1. The van der Waals surface area contributed by atoms with Crippen LogP contribution in [0.25, 0.3) is 0 Å². The fourth-order valence-corrected chi connectivity index (χ4v) is 2.06. The summed E-state index contributed by atoms with van der Waals surface area (Å²) in [4.78, 5) is 0. The Kier molecular flexibility index (Phi) is 5.79. The van der Waals surface area contributed by atoms with Crippen molar-refractivity contribution in [3.63, 3.8) is 0 Å². The zero-order valence-corrected chi connectivity index (χ0v) is 12.4. The van der Waals surface area contributed by atoms with Crippen LogP contribution < -0.4 is 5.32 Å². The summed E-state index contributed by atoms with van der Waals surface area (Å²) in [6.45, 7) is 8.73. The van der Waals surface area contributed by atoms with Crippen LogP contribution in [0, 0.1) is 6.92 Å². The van der Waals surface area contributed by atoms with Gasteiger partial charge in [0.05, 0.1) is 15.9 Å². The number of nitrogens with one attached hydrogen (secondary N) is 1. The Morgan fingerprint density at radius 1 is 1.50 bits per heavy atom. The molecule has 5 heteroatoms. The summed E-state index contributed by atoms with van der Waals surface area (Å²) in [6, 6.07) is 0. The zero-order chi connectivity index (χ0) is 12.1. The van der Waals surface area contributed by atoms with E-state index in [9.17, 15) is 0 Å². The molecule has 1 aromatic rings. The van der Waals surface area contributed by atoms with Crippen molar-refractivity contribution in [3.8, 4) is 0 Å². The van der Waals surface area contributed by atoms with Gasteiger partial charge in [0.2, 0.25) is 0 Å². The number of rotatable bonds is 6. The number of aromatic nitrogens is 2. The van der Waals surface area contributed by atoms with E-state index in [-0.39, 0.29) is 5.38 Å². The maximum absolute atomic E-state index is 6.05. The highest BCUT2D eigenvalue weighted by Gasteiger charge is 2.11. The predicted octanol–water partition coefficient (Wildman–Crippen LogP) is 3.08. The number of aryl methyl sites for hydroxylation is 2. The van der Waals surface area contributed by atoms with Gasteiger partial charge in [0.25, 0.3) is 0 Å². The Balaban J connectivity index is 2.59. The largest absolute Gasteiger partial charge is 0.310 e. The topological polar surface area (TPSA) is 29.9 Å². The molecule has 16 heavy (non-hydrogen) atoms. The molecule has 1 unspecified atom stereocenters. The fraction of sp³-hybridized carbons (Fsp3) is 0.727. The number of hydrogen-bond donors (Lipinski definition) is 1. The molecule has 0 saturated carbocycles. The SMILES string of the molecule is CCC(Cl)CNCc1c(Br)c(C)nn1CC. The highest BCUT2D eigenvalue weighted by Crippen LogP contribution is 2.20. The predicted molar refractivity (Wildman–Crippen MR) is 72.0 cm³/mol. The number of nitrogens with zero attached hydrogens (tertiary/aromatic N) is 2. The molecule has 0 radical (unpaired) electrons. The van der Waals surface area contributed by atoms with Gasteiger partial charge in [-0.05, 0) is 36.2 Å². The average molecular weight is 309 g/mol. The van der Waals surface area contributed by atoms with Gasteiger partial charge in [-0.25, -0.2) is 0 Å². The quantitative estimate of drug-likeness (QED) is 0.819. The van der Waals surface area contributed by atoms with Gasteiger partial charge in [-0.2, -0.15) is 5.10 Å². The van der Waals surface area contributed by atoms with Gasteiger partial charge >= 0.3 is 0 Å². The van der Waals surface area contributed by atoms with Crippen molar-refractivity contribution in [2.75, 3.05) is 6.54 Å². The van der Waals surface area contributed by atoms with E-state index in [4.69, 9.17) is 11.6 Å². The molecule has 0 aliphatic carbocycles. The third kappa shape index (κ3) is 3.47. The van der Waals surface area contributed by atoms with Crippen LogP contribution >= 0.6 is 27.5 Å². The first-order valence-corrected chi connectivity index (χ1v) is 6.89. The first-order valence-electron chi connectivity index (χ1n) is 5.66. The molecule has 0 aliphatic heterocycles. The van der Waals surface area contributed by atoms with E-state index < -0.39 is 0 Å². The van der Waals surface area contributed by atoms with Crippen LogP contribution in [0.2, 0.25) is 0 Å². The highest BCUT2D eigenvalue weighted by atomic mass is 79.9. The van der Waals surface area contributed by atoms with E-state index in [1.165, 1.54) is 5.69 Å². The fourth-order valence-electron chi connectivity index (χ4n) is 1.53. The maximum Gasteiger partial charge on any atom is 0.0739 e. The van der Waals surface area contributed by atoms with Crippen LogP contribution in [0.4, 0.5) is 0 Å². The van der Waals surface area contributed by atoms with Crippen molar-refractivity contribution in [1.29, 1.82) is 0 Å². The molecular weight excluding hydrogens is 289 g/mol.